The quantitative estimate of drug-likeness (QED) is 0.548. The molecule has 2 rings (SSSR count). The molecule has 0 spiro atoms. The van der Waals surface area contributed by atoms with E-state index in [1.54, 1.807) is 41.2 Å². The third-order valence-corrected chi connectivity index (χ3v) is 7.16. The Morgan fingerprint density at radius 1 is 0.579 bits per heavy atom. The fraction of sp³-hybridized carbons (Fsp3) is 0.500. The normalized spacial score (nSPS) is 19.1. The summed E-state index contributed by atoms with van der Waals surface area (Å²) in [6, 6.07) is 0. The Hall–Kier alpha value is 0.254. The standard InChI is InChI=1S/2C8H11.2ClH.Ti/c2*1-6-4-5-7(2)8(6)3;;;/h2*4H2,1-3H3;2*1H;. The van der Waals surface area contributed by atoms with Crippen molar-refractivity contribution in [2.75, 3.05) is 0 Å². The van der Waals surface area contributed by atoms with Gasteiger partial charge < -0.3 is 0 Å². The largest absolute Gasteiger partial charge is 0.147 e. The molecule has 19 heavy (non-hydrogen) atoms. The van der Waals surface area contributed by atoms with Crippen LogP contribution in [0.4, 0.5) is 0 Å². The van der Waals surface area contributed by atoms with Crippen LogP contribution in [0.1, 0.15) is 54.4 Å². The molecule has 0 radical (unpaired) electrons. The van der Waals surface area contributed by atoms with Gasteiger partial charge in [-0.3, -0.25) is 0 Å². The molecule has 2 aliphatic carbocycles. The van der Waals surface area contributed by atoms with Gasteiger partial charge in [0, 0.05) is 0 Å². The van der Waals surface area contributed by atoms with Gasteiger partial charge in [-0.15, -0.1) is 24.8 Å². The zero-order valence-corrected chi connectivity index (χ0v) is 15.9. The first-order valence-corrected chi connectivity index (χ1v) is 7.98. The van der Waals surface area contributed by atoms with Crippen molar-refractivity contribution < 1.29 is 19.2 Å². The fourth-order valence-corrected chi connectivity index (χ4v) is 5.46. The summed E-state index contributed by atoms with van der Waals surface area (Å²) in [5.41, 5.74) is 9.51. The summed E-state index contributed by atoms with van der Waals surface area (Å²) in [7, 11) is 0. The van der Waals surface area contributed by atoms with E-state index in [1.165, 1.54) is 12.8 Å². The van der Waals surface area contributed by atoms with Gasteiger partial charge in [-0.05, 0) is 0 Å². The molecule has 0 bridgehead atoms. The van der Waals surface area contributed by atoms with E-state index in [-0.39, 0.29) is 44.0 Å². The van der Waals surface area contributed by atoms with Crippen LogP contribution in [0.5, 0.6) is 0 Å². The molecule has 0 aromatic carbocycles. The van der Waals surface area contributed by atoms with Gasteiger partial charge >= 0.3 is 115 Å². The summed E-state index contributed by atoms with van der Waals surface area (Å²) in [5.74, 6) is 0. The number of hydrogen-bond donors (Lipinski definition) is 0. The molecular formula is C16H24Cl2Ti. The maximum absolute atomic E-state index is 2.32. The fourth-order valence-electron chi connectivity index (χ4n) is 2.61. The number of allylic oxidation sites excluding steroid dienone is 8. The van der Waals surface area contributed by atoms with Gasteiger partial charge in [0.15, 0.2) is 0 Å². The first kappa shape index (κ1) is 19.3. The summed E-state index contributed by atoms with van der Waals surface area (Å²) >= 11 is -0.0443. The number of hydrogen-bond acceptors (Lipinski definition) is 0. The van der Waals surface area contributed by atoms with Crippen LogP contribution in [0, 0.1) is 0 Å². The smallest absolute Gasteiger partial charge is 0.147 e. The van der Waals surface area contributed by atoms with E-state index in [2.05, 4.69) is 41.5 Å². The van der Waals surface area contributed by atoms with Gasteiger partial charge in [-0.25, -0.2) is 0 Å². The van der Waals surface area contributed by atoms with Crippen molar-refractivity contribution in [1.29, 1.82) is 0 Å². The Morgan fingerprint density at radius 2 is 0.895 bits per heavy atom. The maximum atomic E-state index is 2.32. The van der Waals surface area contributed by atoms with E-state index in [4.69, 9.17) is 0 Å². The van der Waals surface area contributed by atoms with E-state index in [9.17, 15) is 0 Å². The summed E-state index contributed by atoms with van der Waals surface area (Å²) in [6.07, 6.45) is 2.51. The van der Waals surface area contributed by atoms with Gasteiger partial charge in [-0.2, -0.15) is 0 Å². The minimum atomic E-state index is -0.0443. The molecule has 0 unspecified atom stereocenters. The topological polar surface area (TPSA) is 0 Å². The molecule has 0 aromatic heterocycles. The van der Waals surface area contributed by atoms with Crippen molar-refractivity contribution >= 4 is 24.8 Å². The molecular weight excluding hydrogens is 311 g/mol. The minimum Gasteiger partial charge on any atom is -0.147 e. The molecule has 2 aliphatic rings. The van der Waals surface area contributed by atoms with E-state index < -0.39 is 0 Å². The number of halogens is 2. The summed E-state index contributed by atoms with van der Waals surface area (Å²) < 4.78 is 3.55. The molecule has 0 atom stereocenters. The molecule has 0 saturated carbocycles. The molecule has 0 saturated heterocycles. The van der Waals surface area contributed by atoms with Crippen molar-refractivity contribution in [2.45, 2.75) is 54.4 Å². The minimum absolute atomic E-state index is 0. The maximum Gasteiger partial charge on any atom is -0.147 e. The van der Waals surface area contributed by atoms with Crippen LogP contribution in [0.25, 0.3) is 0 Å². The molecule has 0 nitrogen and oxygen atoms in total. The van der Waals surface area contributed by atoms with Crippen LogP contribution in [-0.2, 0) is 19.2 Å². The van der Waals surface area contributed by atoms with Gasteiger partial charge in [0.25, 0.3) is 0 Å². The van der Waals surface area contributed by atoms with Crippen LogP contribution in [0.15, 0.2) is 41.2 Å². The van der Waals surface area contributed by atoms with Crippen molar-refractivity contribution in [3.05, 3.63) is 41.2 Å². The first-order valence-electron chi connectivity index (χ1n) is 6.41. The number of rotatable bonds is 2. The molecule has 3 heteroatoms. The third-order valence-electron chi connectivity index (χ3n) is 4.50. The average molecular weight is 335 g/mol. The van der Waals surface area contributed by atoms with Gasteiger partial charge in [0.2, 0.25) is 0 Å². The Balaban J connectivity index is 0.00000162. The Kier molecular flexibility index (Phi) is 7.41. The Morgan fingerprint density at radius 3 is 1.11 bits per heavy atom. The average Bonchev–Trinajstić information content (AvgIpc) is 2.66. The molecule has 0 fully saturated rings. The van der Waals surface area contributed by atoms with Crippen LogP contribution in [0.2, 0.25) is 0 Å². The summed E-state index contributed by atoms with van der Waals surface area (Å²) in [4.78, 5) is 0. The summed E-state index contributed by atoms with van der Waals surface area (Å²) in [5, 5.41) is 0. The van der Waals surface area contributed by atoms with E-state index in [0.29, 0.717) is 0 Å². The monoisotopic (exact) mass is 334 g/mol. The van der Waals surface area contributed by atoms with E-state index in [0.717, 1.165) is 0 Å². The molecule has 0 amide bonds. The zero-order chi connectivity index (χ0) is 12.7. The second-order valence-corrected chi connectivity index (χ2v) is 7.77. The molecule has 0 aliphatic heterocycles. The SMILES string of the molecule is CC1=C(C)C(C)=[C]([Ti][C]2=C(C)C(C)=C(C)C2)C1.Cl.Cl. The van der Waals surface area contributed by atoms with Crippen LogP contribution >= 0.6 is 24.8 Å². The molecule has 0 N–H and O–H groups in total. The zero-order valence-electron chi connectivity index (χ0n) is 12.7. The van der Waals surface area contributed by atoms with Gasteiger partial charge in [-0.1, -0.05) is 0 Å². The van der Waals surface area contributed by atoms with Crippen molar-refractivity contribution in [1.82, 2.24) is 0 Å². The Labute approximate surface area is 139 Å². The van der Waals surface area contributed by atoms with Gasteiger partial charge in [0.1, 0.15) is 0 Å². The van der Waals surface area contributed by atoms with Crippen molar-refractivity contribution in [3.63, 3.8) is 0 Å². The second-order valence-electron chi connectivity index (χ2n) is 5.50. The van der Waals surface area contributed by atoms with Crippen LogP contribution in [0.3, 0.4) is 0 Å². The predicted octanol–water partition coefficient (Wildman–Crippen LogP) is 5.94. The van der Waals surface area contributed by atoms with Gasteiger partial charge in [0.05, 0.1) is 0 Å². The molecule has 0 aromatic rings. The molecule has 106 valence electrons. The third kappa shape index (κ3) is 3.67. The Bertz CT molecular complexity index is 459. The van der Waals surface area contributed by atoms with Crippen molar-refractivity contribution in [2.24, 2.45) is 0 Å². The first-order chi connectivity index (χ1) is 7.91. The van der Waals surface area contributed by atoms with Crippen LogP contribution < -0.4 is 0 Å². The predicted molar refractivity (Wildman–Crippen MR) is 85.9 cm³/mol. The summed E-state index contributed by atoms with van der Waals surface area (Å²) in [6.45, 7) is 13.8. The van der Waals surface area contributed by atoms with Crippen LogP contribution in [-0.4, -0.2) is 0 Å². The van der Waals surface area contributed by atoms with Crippen molar-refractivity contribution in [3.8, 4) is 0 Å². The second kappa shape index (κ2) is 7.32. The van der Waals surface area contributed by atoms with E-state index in [1.807, 2.05) is 0 Å². The molecule has 0 heterocycles. The van der Waals surface area contributed by atoms with E-state index >= 15 is 0 Å².